The van der Waals surface area contributed by atoms with Crippen LogP contribution in [0.15, 0.2) is 24.3 Å². The number of hydrogen-bond acceptors (Lipinski definition) is 4. The maximum atomic E-state index is 11.6. The number of ether oxygens (including phenoxy) is 2. The van der Waals surface area contributed by atoms with Crippen LogP contribution >= 0.6 is 12.2 Å². The average Bonchev–Trinajstić information content (AvgIpc) is 2.43. The first-order valence-electron chi connectivity index (χ1n) is 5.90. The molecular formula is C13H18N2O3S. The predicted molar refractivity (Wildman–Crippen MR) is 78.5 cm³/mol. The Kier molecular flexibility index (Phi) is 6.84. The average molecular weight is 282 g/mol. The van der Waals surface area contributed by atoms with Crippen LogP contribution in [0.5, 0.6) is 0 Å². The van der Waals surface area contributed by atoms with Gasteiger partial charge in [0.05, 0.1) is 18.4 Å². The lowest BCUT2D eigenvalue weighted by Gasteiger charge is -2.12. The molecule has 19 heavy (non-hydrogen) atoms. The molecular weight excluding hydrogens is 264 g/mol. The van der Waals surface area contributed by atoms with Crippen molar-refractivity contribution in [3.8, 4) is 0 Å². The summed E-state index contributed by atoms with van der Waals surface area (Å²) in [5.74, 6) is -0.398. The van der Waals surface area contributed by atoms with Crippen LogP contribution in [-0.2, 0) is 9.47 Å². The summed E-state index contributed by atoms with van der Waals surface area (Å²) < 4.78 is 9.65. The van der Waals surface area contributed by atoms with Crippen LogP contribution < -0.4 is 10.6 Å². The van der Waals surface area contributed by atoms with Crippen molar-refractivity contribution in [2.75, 3.05) is 32.7 Å². The number of rotatable bonds is 6. The molecule has 0 aliphatic heterocycles. The van der Waals surface area contributed by atoms with Gasteiger partial charge in [-0.15, -0.1) is 0 Å². The molecule has 0 spiro atoms. The van der Waals surface area contributed by atoms with E-state index in [-0.39, 0.29) is 0 Å². The Morgan fingerprint density at radius 1 is 1.32 bits per heavy atom. The number of esters is 1. The fraction of sp³-hybridized carbons (Fsp3) is 0.385. The maximum absolute atomic E-state index is 11.6. The Bertz CT molecular complexity index is 438. The van der Waals surface area contributed by atoms with Gasteiger partial charge in [0, 0.05) is 20.3 Å². The van der Waals surface area contributed by atoms with Crippen molar-refractivity contribution in [3.05, 3.63) is 29.8 Å². The van der Waals surface area contributed by atoms with E-state index in [1.165, 1.54) is 7.11 Å². The number of carbonyl (C=O) groups is 1. The molecule has 0 saturated heterocycles. The normalized spacial score (nSPS) is 9.79. The highest BCUT2D eigenvalue weighted by Crippen LogP contribution is 2.15. The van der Waals surface area contributed by atoms with Gasteiger partial charge in [-0.3, -0.25) is 0 Å². The molecule has 0 unspecified atom stereocenters. The molecule has 0 radical (unpaired) electrons. The lowest BCUT2D eigenvalue weighted by atomic mass is 10.2. The summed E-state index contributed by atoms with van der Waals surface area (Å²) in [6.45, 7) is 1.38. The second kappa shape index (κ2) is 8.44. The van der Waals surface area contributed by atoms with Gasteiger partial charge in [-0.05, 0) is 30.8 Å². The number of hydrogen-bond donors (Lipinski definition) is 2. The van der Waals surface area contributed by atoms with Crippen molar-refractivity contribution in [1.29, 1.82) is 0 Å². The number of benzene rings is 1. The summed E-state index contributed by atoms with van der Waals surface area (Å²) in [5, 5.41) is 6.48. The van der Waals surface area contributed by atoms with Gasteiger partial charge in [0.1, 0.15) is 0 Å². The molecule has 0 atom stereocenters. The standard InChI is InChI=1S/C13H18N2O3S/c1-17-9-5-8-14-13(19)15-11-7-4-3-6-10(11)12(16)18-2/h3-4,6-7H,5,8-9H2,1-2H3,(H2,14,15,19). The number of thiocarbonyl (C=S) groups is 1. The number of carbonyl (C=O) groups excluding carboxylic acids is 1. The smallest absolute Gasteiger partial charge is 0.339 e. The van der Waals surface area contributed by atoms with Crippen molar-refractivity contribution in [2.24, 2.45) is 0 Å². The number of nitrogens with one attached hydrogen (secondary N) is 2. The monoisotopic (exact) mass is 282 g/mol. The highest BCUT2D eigenvalue weighted by atomic mass is 32.1. The van der Waals surface area contributed by atoms with Crippen LogP contribution in [0.1, 0.15) is 16.8 Å². The van der Waals surface area contributed by atoms with E-state index in [4.69, 9.17) is 21.7 Å². The molecule has 1 aromatic carbocycles. The maximum Gasteiger partial charge on any atom is 0.339 e. The highest BCUT2D eigenvalue weighted by molar-refractivity contribution is 7.80. The summed E-state index contributed by atoms with van der Waals surface area (Å²) in [5.41, 5.74) is 1.07. The van der Waals surface area contributed by atoms with Crippen molar-refractivity contribution in [2.45, 2.75) is 6.42 Å². The molecule has 0 fully saturated rings. The first kappa shape index (κ1) is 15.4. The van der Waals surface area contributed by atoms with Gasteiger partial charge in [-0.25, -0.2) is 4.79 Å². The second-order valence-electron chi connectivity index (χ2n) is 3.76. The molecule has 104 valence electrons. The van der Waals surface area contributed by atoms with Crippen LogP contribution in [0.2, 0.25) is 0 Å². The summed E-state index contributed by atoms with van der Waals surface area (Å²) in [6, 6.07) is 7.05. The van der Waals surface area contributed by atoms with Gasteiger partial charge in [-0.1, -0.05) is 12.1 Å². The summed E-state index contributed by atoms with van der Waals surface area (Å²) in [7, 11) is 3.00. The second-order valence-corrected chi connectivity index (χ2v) is 4.17. The van der Waals surface area contributed by atoms with Gasteiger partial charge in [-0.2, -0.15) is 0 Å². The topological polar surface area (TPSA) is 59.6 Å². The third-order valence-electron chi connectivity index (χ3n) is 2.39. The Morgan fingerprint density at radius 3 is 2.74 bits per heavy atom. The number of anilines is 1. The molecule has 0 aliphatic rings. The van der Waals surface area contributed by atoms with E-state index < -0.39 is 5.97 Å². The fourth-order valence-electron chi connectivity index (χ4n) is 1.47. The molecule has 6 heteroatoms. The molecule has 0 saturated carbocycles. The van der Waals surface area contributed by atoms with Crippen LogP contribution in [-0.4, -0.2) is 38.5 Å². The summed E-state index contributed by atoms with van der Waals surface area (Å²) in [4.78, 5) is 11.6. The van der Waals surface area contributed by atoms with Crippen molar-refractivity contribution < 1.29 is 14.3 Å². The number of para-hydroxylation sites is 1. The van der Waals surface area contributed by atoms with Crippen molar-refractivity contribution in [1.82, 2.24) is 5.32 Å². The Morgan fingerprint density at radius 2 is 2.05 bits per heavy atom. The number of methoxy groups -OCH3 is 2. The lowest BCUT2D eigenvalue weighted by Crippen LogP contribution is -2.30. The summed E-state index contributed by atoms with van der Waals surface area (Å²) >= 11 is 5.15. The van der Waals surface area contributed by atoms with Gasteiger partial charge in [0.25, 0.3) is 0 Å². The zero-order valence-electron chi connectivity index (χ0n) is 11.1. The third kappa shape index (κ3) is 5.23. The first-order valence-corrected chi connectivity index (χ1v) is 6.31. The lowest BCUT2D eigenvalue weighted by molar-refractivity contribution is 0.0602. The van der Waals surface area contributed by atoms with E-state index in [9.17, 15) is 4.79 Å². The Labute approximate surface area is 118 Å². The van der Waals surface area contributed by atoms with Crippen LogP contribution in [0.25, 0.3) is 0 Å². The third-order valence-corrected chi connectivity index (χ3v) is 2.64. The molecule has 0 aromatic heterocycles. The van der Waals surface area contributed by atoms with E-state index >= 15 is 0 Å². The van der Waals surface area contributed by atoms with Gasteiger partial charge in [0.2, 0.25) is 0 Å². The predicted octanol–water partition coefficient (Wildman–Crippen LogP) is 1.80. The molecule has 1 aromatic rings. The quantitative estimate of drug-likeness (QED) is 0.471. The van der Waals surface area contributed by atoms with Gasteiger partial charge < -0.3 is 20.1 Å². The highest BCUT2D eigenvalue weighted by Gasteiger charge is 2.11. The van der Waals surface area contributed by atoms with E-state index in [0.29, 0.717) is 29.5 Å². The zero-order valence-corrected chi connectivity index (χ0v) is 11.9. The van der Waals surface area contributed by atoms with E-state index in [2.05, 4.69) is 10.6 Å². The Balaban J connectivity index is 2.56. The minimum absolute atomic E-state index is 0.398. The fourth-order valence-corrected chi connectivity index (χ4v) is 1.68. The largest absolute Gasteiger partial charge is 0.465 e. The molecule has 0 heterocycles. The van der Waals surface area contributed by atoms with E-state index in [1.54, 1.807) is 25.3 Å². The zero-order chi connectivity index (χ0) is 14.1. The molecule has 0 bridgehead atoms. The van der Waals surface area contributed by atoms with E-state index in [1.807, 2.05) is 6.07 Å². The van der Waals surface area contributed by atoms with Gasteiger partial charge >= 0.3 is 5.97 Å². The van der Waals surface area contributed by atoms with Crippen molar-refractivity contribution in [3.63, 3.8) is 0 Å². The van der Waals surface area contributed by atoms with Crippen LogP contribution in [0, 0.1) is 0 Å². The van der Waals surface area contributed by atoms with Crippen LogP contribution in [0.3, 0.4) is 0 Å². The molecule has 5 nitrogen and oxygen atoms in total. The summed E-state index contributed by atoms with van der Waals surface area (Å²) in [6.07, 6.45) is 0.858. The van der Waals surface area contributed by atoms with Crippen molar-refractivity contribution >= 4 is 29.0 Å². The molecule has 0 aliphatic carbocycles. The minimum atomic E-state index is -0.398. The first-order chi connectivity index (χ1) is 9.19. The van der Waals surface area contributed by atoms with E-state index in [0.717, 1.165) is 6.42 Å². The van der Waals surface area contributed by atoms with Crippen LogP contribution in [0.4, 0.5) is 5.69 Å². The SMILES string of the molecule is COCCCNC(=S)Nc1ccccc1C(=O)OC. The van der Waals surface area contributed by atoms with Gasteiger partial charge in [0.15, 0.2) is 5.11 Å². The molecule has 1 rings (SSSR count). The Hall–Kier alpha value is -1.66. The minimum Gasteiger partial charge on any atom is -0.465 e. The molecule has 0 amide bonds. The molecule has 2 N–H and O–H groups in total.